The number of thiophene rings is 1. The zero-order valence-corrected chi connectivity index (χ0v) is 21.1. The number of benzene rings is 3. The SMILES string of the molecule is Cc1ccc(OC(C)N2CCCCC2)cc1-c1c(-c2ccc(O)cc2)sc2cc(O)ccc12.Cl. The van der Waals surface area contributed by atoms with E-state index in [1.807, 2.05) is 24.3 Å². The maximum atomic E-state index is 10.1. The molecule has 2 N–H and O–H groups in total. The minimum absolute atomic E-state index is 0. The number of aryl methyl sites for hydroxylation is 1. The number of phenols is 2. The van der Waals surface area contributed by atoms with Gasteiger partial charge in [-0.05, 0) is 98.0 Å². The summed E-state index contributed by atoms with van der Waals surface area (Å²) in [6.07, 6.45) is 3.81. The molecule has 0 radical (unpaired) electrons. The van der Waals surface area contributed by atoms with Crippen molar-refractivity contribution in [3.63, 3.8) is 0 Å². The first kappa shape index (κ1) is 24.4. The fourth-order valence-corrected chi connectivity index (χ4v) is 5.92. The highest BCUT2D eigenvalue weighted by Crippen LogP contribution is 2.47. The van der Waals surface area contributed by atoms with Gasteiger partial charge in [0.15, 0.2) is 0 Å². The van der Waals surface area contributed by atoms with Crippen LogP contribution in [0, 0.1) is 6.92 Å². The van der Waals surface area contributed by atoms with E-state index in [4.69, 9.17) is 4.74 Å². The van der Waals surface area contributed by atoms with Gasteiger partial charge in [0.2, 0.25) is 0 Å². The van der Waals surface area contributed by atoms with Crippen molar-refractivity contribution in [2.45, 2.75) is 39.3 Å². The monoisotopic (exact) mass is 495 g/mol. The zero-order chi connectivity index (χ0) is 22.9. The summed E-state index contributed by atoms with van der Waals surface area (Å²) in [6, 6.07) is 19.2. The number of ether oxygens (including phenoxy) is 1. The number of hydrogen-bond acceptors (Lipinski definition) is 5. The number of fused-ring (bicyclic) bond motifs is 1. The molecule has 3 aromatic carbocycles. The minimum Gasteiger partial charge on any atom is -0.508 e. The van der Waals surface area contributed by atoms with Crippen LogP contribution in [0.5, 0.6) is 17.2 Å². The van der Waals surface area contributed by atoms with Crippen LogP contribution in [0.4, 0.5) is 0 Å². The standard InChI is InChI=1S/C28H29NO3S.ClH/c1-18-6-12-23(32-19(2)29-14-4-3-5-15-29)17-25(18)27-24-13-11-22(31)16-26(24)33-28(27)20-7-9-21(30)10-8-20;/h6-13,16-17,19,30-31H,3-5,14-15H2,1-2H3;1H. The number of halogens is 1. The summed E-state index contributed by atoms with van der Waals surface area (Å²) >= 11 is 1.65. The van der Waals surface area contributed by atoms with E-state index in [0.717, 1.165) is 50.5 Å². The molecule has 5 rings (SSSR count). The second-order valence-electron chi connectivity index (χ2n) is 8.82. The van der Waals surface area contributed by atoms with Gasteiger partial charge in [0.25, 0.3) is 0 Å². The Kier molecular flexibility index (Phi) is 7.36. The predicted molar refractivity (Wildman–Crippen MR) is 144 cm³/mol. The molecule has 1 saturated heterocycles. The Morgan fingerprint density at radius 2 is 1.59 bits per heavy atom. The Morgan fingerprint density at radius 3 is 2.32 bits per heavy atom. The average molecular weight is 496 g/mol. The molecular formula is C28H30ClNO3S. The van der Waals surface area contributed by atoms with E-state index >= 15 is 0 Å². The molecule has 1 aromatic heterocycles. The van der Waals surface area contributed by atoms with Gasteiger partial charge in [0.1, 0.15) is 23.5 Å². The van der Waals surface area contributed by atoms with Gasteiger partial charge in [-0.1, -0.05) is 12.5 Å². The van der Waals surface area contributed by atoms with Gasteiger partial charge >= 0.3 is 0 Å². The average Bonchev–Trinajstić information content (AvgIpc) is 3.19. The van der Waals surface area contributed by atoms with E-state index < -0.39 is 0 Å². The Balaban J connectivity index is 0.00000274. The first-order chi connectivity index (χ1) is 16.0. The van der Waals surface area contributed by atoms with Crippen LogP contribution in [-0.2, 0) is 0 Å². The molecule has 1 aliphatic rings. The third-order valence-corrected chi connectivity index (χ3v) is 7.69. The van der Waals surface area contributed by atoms with Crippen LogP contribution in [0.1, 0.15) is 31.7 Å². The molecular weight excluding hydrogens is 466 g/mol. The van der Waals surface area contributed by atoms with E-state index in [-0.39, 0.29) is 30.1 Å². The van der Waals surface area contributed by atoms with Crippen molar-refractivity contribution >= 4 is 33.8 Å². The molecule has 1 aliphatic heterocycles. The zero-order valence-electron chi connectivity index (χ0n) is 19.5. The van der Waals surface area contributed by atoms with Crippen LogP contribution in [0.3, 0.4) is 0 Å². The molecule has 0 saturated carbocycles. The number of likely N-dealkylation sites (tertiary alicyclic amines) is 1. The molecule has 1 atom stereocenters. The molecule has 1 fully saturated rings. The lowest BCUT2D eigenvalue weighted by molar-refractivity contribution is 0.0262. The van der Waals surface area contributed by atoms with Gasteiger partial charge in [-0.25, -0.2) is 0 Å². The fourth-order valence-electron chi connectivity index (χ4n) is 4.67. The molecule has 0 bridgehead atoms. The van der Waals surface area contributed by atoms with Gasteiger partial charge in [0, 0.05) is 33.6 Å². The van der Waals surface area contributed by atoms with Gasteiger partial charge < -0.3 is 14.9 Å². The van der Waals surface area contributed by atoms with Gasteiger partial charge in [0.05, 0.1) is 0 Å². The van der Waals surface area contributed by atoms with E-state index in [9.17, 15) is 10.2 Å². The lowest BCUT2D eigenvalue weighted by Gasteiger charge is -2.32. The number of phenolic OH excluding ortho intramolecular Hbond substituents is 2. The summed E-state index contributed by atoms with van der Waals surface area (Å²) in [6.45, 7) is 6.43. The second kappa shape index (κ2) is 10.3. The van der Waals surface area contributed by atoms with E-state index in [1.54, 1.807) is 29.5 Å². The molecule has 0 amide bonds. The Bertz CT molecular complexity index is 1280. The van der Waals surface area contributed by atoms with Crippen molar-refractivity contribution in [1.29, 1.82) is 0 Å². The number of hydrogen-bond donors (Lipinski definition) is 2. The Morgan fingerprint density at radius 1 is 0.882 bits per heavy atom. The lowest BCUT2D eigenvalue weighted by Crippen LogP contribution is -2.40. The van der Waals surface area contributed by atoms with Crippen LogP contribution in [0.15, 0.2) is 60.7 Å². The summed E-state index contributed by atoms with van der Waals surface area (Å²) < 4.78 is 7.42. The van der Waals surface area contributed by atoms with Crippen molar-refractivity contribution in [2.24, 2.45) is 0 Å². The summed E-state index contributed by atoms with van der Waals surface area (Å²) in [7, 11) is 0. The van der Waals surface area contributed by atoms with Crippen LogP contribution >= 0.6 is 23.7 Å². The molecule has 178 valence electrons. The van der Waals surface area contributed by atoms with Crippen LogP contribution in [0.2, 0.25) is 0 Å². The molecule has 1 unspecified atom stereocenters. The number of rotatable bonds is 5. The summed E-state index contributed by atoms with van der Waals surface area (Å²) in [5.41, 5.74) is 4.46. The molecule has 4 nitrogen and oxygen atoms in total. The van der Waals surface area contributed by atoms with Crippen LogP contribution in [-0.4, -0.2) is 34.4 Å². The highest BCUT2D eigenvalue weighted by atomic mass is 35.5. The molecule has 4 aromatic rings. The van der Waals surface area contributed by atoms with Crippen molar-refractivity contribution in [2.75, 3.05) is 13.1 Å². The third kappa shape index (κ3) is 4.88. The van der Waals surface area contributed by atoms with E-state index in [2.05, 4.69) is 36.9 Å². The lowest BCUT2D eigenvalue weighted by atomic mass is 9.95. The van der Waals surface area contributed by atoms with Gasteiger partial charge in [-0.15, -0.1) is 23.7 Å². The number of nitrogens with zero attached hydrogens (tertiary/aromatic N) is 1. The maximum Gasteiger partial charge on any atom is 0.149 e. The Labute approximate surface area is 210 Å². The molecule has 34 heavy (non-hydrogen) atoms. The van der Waals surface area contributed by atoms with E-state index in [0.29, 0.717) is 0 Å². The second-order valence-corrected chi connectivity index (χ2v) is 9.88. The molecule has 2 heterocycles. The fraction of sp³-hybridized carbons (Fsp3) is 0.286. The highest BCUT2D eigenvalue weighted by Gasteiger charge is 2.21. The predicted octanol–water partition coefficient (Wildman–Crippen LogP) is 7.59. The quantitative estimate of drug-likeness (QED) is 0.299. The number of piperidine rings is 1. The van der Waals surface area contributed by atoms with Crippen molar-refractivity contribution in [3.8, 4) is 38.8 Å². The minimum atomic E-state index is 0. The first-order valence-corrected chi connectivity index (χ1v) is 12.4. The topological polar surface area (TPSA) is 52.9 Å². The Hall–Kier alpha value is -2.73. The highest BCUT2D eigenvalue weighted by molar-refractivity contribution is 7.23. The van der Waals surface area contributed by atoms with Crippen LogP contribution < -0.4 is 4.74 Å². The summed E-state index contributed by atoms with van der Waals surface area (Å²) in [5, 5.41) is 21.0. The van der Waals surface area contributed by atoms with Crippen molar-refractivity contribution in [1.82, 2.24) is 4.90 Å². The number of aromatic hydroxyl groups is 2. The normalized spacial score (nSPS) is 15.1. The smallest absolute Gasteiger partial charge is 0.149 e. The molecule has 0 aliphatic carbocycles. The van der Waals surface area contributed by atoms with Crippen molar-refractivity contribution < 1.29 is 14.9 Å². The largest absolute Gasteiger partial charge is 0.508 e. The summed E-state index contributed by atoms with van der Waals surface area (Å²) in [4.78, 5) is 3.52. The first-order valence-electron chi connectivity index (χ1n) is 11.6. The third-order valence-electron chi connectivity index (χ3n) is 6.49. The van der Waals surface area contributed by atoms with Crippen molar-refractivity contribution in [3.05, 3.63) is 66.2 Å². The summed E-state index contributed by atoms with van der Waals surface area (Å²) in [5.74, 6) is 1.37. The molecule has 6 heteroatoms. The van der Waals surface area contributed by atoms with E-state index in [1.165, 1.54) is 24.8 Å². The van der Waals surface area contributed by atoms with Gasteiger partial charge in [-0.3, -0.25) is 4.90 Å². The maximum absolute atomic E-state index is 10.1. The molecule has 0 spiro atoms. The van der Waals surface area contributed by atoms with Gasteiger partial charge in [-0.2, -0.15) is 0 Å². The van der Waals surface area contributed by atoms with Crippen LogP contribution in [0.25, 0.3) is 31.7 Å².